The van der Waals surface area contributed by atoms with Crippen LogP contribution in [0, 0.1) is 13.8 Å². The number of hydrogen-bond donors (Lipinski definition) is 2. The average molecular weight is 290 g/mol. The molecule has 0 saturated heterocycles. The van der Waals surface area contributed by atoms with Crippen LogP contribution in [0.3, 0.4) is 0 Å². The molecule has 0 aliphatic carbocycles. The third-order valence-corrected chi connectivity index (χ3v) is 3.59. The monoisotopic (exact) mass is 290 g/mol. The van der Waals surface area contributed by atoms with E-state index in [0.717, 1.165) is 55.2 Å². The lowest BCUT2D eigenvalue weighted by molar-refractivity contribution is 0.572. The quantitative estimate of drug-likeness (QED) is 0.767. The van der Waals surface area contributed by atoms with Crippen molar-refractivity contribution in [3.05, 3.63) is 23.1 Å². The normalized spacial score (nSPS) is 11.0. The molecule has 2 rings (SSSR count). The highest BCUT2D eigenvalue weighted by Crippen LogP contribution is 2.22. The SMILES string of the molecule is CCCc1nn(C)c(NCCCn2nc(C)cc2C)c1N. The van der Waals surface area contributed by atoms with Crippen molar-refractivity contribution in [2.45, 2.75) is 46.6 Å². The zero-order valence-corrected chi connectivity index (χ0v) is 13.5. The molecule has 0 aliphatic rings. The van der Waals surface area contributed by atoms with Crippen LogP contribution in [0.25, 0.3) is 0 Å². The molecule has 0 unspecified atom stereocenters. The fourth-order valence-corrected chi connectivity index (χ4v) is 2.56. The molecule has 0 saturated carbocycles. The summed E-state index contributed by atoms with van der Waals surface area (Å²) in [6.45, 7) is 8.01. The first-order valence-corrected chi connectivity index (χ1v) is 7.59. The molecule has 2 heterocycles. The molecule has 2 aromatic rings. The van der Waals surface area contributed by atoms with Gasteiger partial charge in [-0.25, -0.2) is 0 Å². The number of hydrogen-bond acceptors (Lipinski definition) is 4. The molecule has 0 spiro atoms. The van der Waals surface area contributed by atoms with E-state index in [1.54, 1.807) is 0 Å². The average Bonchev–Trinajstić information content (AvgIpc) is 2.88. The number of aryl methyl sites for hydroxylation is 5. The van der Waals surface area contributed by atoms with Crippen molar-refractivity contribution in [3.63, 3.8) is 0 Å². The van der Waals surface area contributed by atoms with Crippen LogP contribution in [0.4, 0.5) is 11.5 Å². The number of nitrogens with two attached hydrogens (primary N) is 1. The Labute approximate surface area is 126 Å². The fraction of sp³-hybridized carbons (Fsp3) is 0.600. The van der Waals surface area contributed by atoms with Gasteiger partial charge in [-0.1, -0.05) is 13.3 Å². The molecule has 0 aliphatic heterocycles. The minimum Gasteiger partial charge on any atom is -0.394 e. The molecular formula is C15H26N6. The van der Waals surface area contributed by atoms with E-state index in [2.05, 4.69) is 35.4 Å². The van der Waals surface area contributed by atoms with E-state index in [9.17, 15) is 0 Å². The maximum absolute atomic E-state index is 6.15. The predicted octanol–water partition coefficient (Wildman–Crippen LogP) is 2.27. The van der Waals surface area contributed by atoms with E-state index in [4.69, 9.17) is 5.73 Å². The summed E-state index contributed by atoms with van der Waals surface area (Å²) in [5, 5.41) is 12.3. The molecule has 0 amide bonds. The van der Waals surface area contributed by atoms with Gasteiger partial charge in [0, 0.05) is 25.8 Å². The lowest BCUT2D eigenvalue weighted by Crippen LogP contribution is -2.11. The van der Waals surface area contributed by atoms with Gasteiger partial charge in [-0.2, -0.15) is 10.2 Å². The summed E-state index contributed by atoms with van der Waals surface area (Å²) < 4.78 is 3.88. The van der Waals surface area contributed by atoms with E-state index < -0.39 is 0 Å². The Kier molecular flexibility index (Phi) is 4.88. The maximum Gasteiger partial charge on any atom is 0.147 e. The zero-order chi connectivity index (χ0) is 15.4. The molecule has 6 nitrogen and oxygen atoms in total. The van der Waals surface area contributed by atoms with Gasteiger partial charge in [0.1, 0.15) is 5.82 Å². The first-order valence-electron chi connectivity index (χ1n) is 7.59. The van der Waals surface area contributed by atoms with Gasteiger partial charge in [-0.05, 0) is 32.8 Å². The molecule has 21 heavy (non-hydrogen) atoms. The van der Waals surface area contributed by atoms with E-state index in [1.807, 2.05) is 23.3 Å². The second-order valence-electron chi connectivity index (χ2n) is 5.51. The maximum atomic E-state index is 6.15. The molecule has 116 valence electrons. The molecular weight excluding hydrogens is 264 g/mol. The van der Waals surface area contributed by atoms with Gasteiger partial charge in [0.25, 0.3) is 0 Å². The van der Waals surface area contributed by atoms with Crippen LogP contribution in [0.15, 0.2) is 6.07 Å². The molecule has 0 bridgehead atoms. The van der Waals surface area contributed by atoms with Crippen LogP contribution in [-0.4, -0.2) is 26.1 Å². The number of nitrogen functional groups attached to an aromatic ring is 1. The summed E-state index contributed by atoms with van der Waals surface area (Å²) in [4.78, 5) is 0. The zero-order valence-electron chi connectivity index (χ0n) is 13.5. The summed E-state index contributed by atoms with van der Waals surface area (Å²) in [6, 6.07) is 2.10. The second kappa shape index (κ2) is 6.65. The van der Waals surface area contributed by atoms with Crippen LogP contribution in [0.2, 0.25) is 0 Å². The van der Waals surface area contributed by atoms with Crippen molar-refractivity contribution in [2.75, 3.05) is 17.6 Å². The van der Waals surface area contributed by atoms with E-state index in [1.165, 1.54) is 5.69 Å². The van der Waals surface area contributed by atoms with Gasteiger partial charge in [0.15, 0.2) is 0 Å². The predicted molar refractivity (Wildman–Crippen MR) is 86.4 cm³/mol. The Hall–Kier alpha value is -1.98. The standard InChI is InChI=1S/C15H26N6/c1-5-7-13-14(16)15(20(4)19-13)17-8-6-9-21-12(3)10-11(2)18-21/h10,17H,5-9,16H2,1-4H3. The first kappa shape index (κ1) is 15.4. The molecule has 0 radical (unpaired) electrons. The van der Waals surface area contributed by atoms with Crippen LogP contribution >= 0.6 is 0 Å². The van der Waals surface area contributed by atoms with Gasteiger partial charge >= 0.3 is 0 Å². The van der Waals surface area contributed by atoms with Gasteiger partial charge in [-0.15, -0.1) is 0 Å². The summed E-state index contributed by atoms with van der Waals surface area (Å²) in [5.41, 5.74) is 10.2. The van der Waals surface area contributed by atoms with Crippen molar-refractivity contribution in [1.82, 2.24) is 19.6 Å². The van der Waals surface area contributed by atoms with E-state index >= 15 is 0 Å². The summed E-state index contributed by atoms with van der Waals surface area (Å²) in [5.74, 6) is 0.923. The molecule has 0 aromatic carbocycles. The van der Waals surface area contributed by atoms with E-state index in [-0.39, 0.29) is 0 Å². The van der Waals surface area contributed by atoms with Crippen molar-refractivity contribution in [3.8, 4) is 0 Å². The van der Waals surface area contributed by atoms with Gasteiger partial charge in [0.2, 0.25) is 0 Å². The molecule has 2 aromatic heterocycles. The third-order valence-electron chi connectivity index (χ3n) is 3.59. The Morgan fingerprint density at radius 2 is 2.05 bits per heavy atom. The summed E-state index contributed by atoms with van der Waals surface area (Å²) in [6.07, 6.45) is 2.97. The molecule has 0 atom stereocenters. The topological polar surface area (TPSA) is 73.7 Å². The highest BCUT2D eigenvalue weighted by molar-refractivity contribution is 5.64. The number of aromatic nitrogens is 4. The third kappa shape index (κ3) is 3.56. The Morgan fingerprint density at radius 3 is 2.67 bits per heavy atom. The Morgan fingerprint density at radius 1 is 1.29 bits per heavy atom. The van der Waals surface area contributed by atoms with Crippen LogP contribution in [0.5, 0.6) is 0 Å². The largest absolute Gasteiger partial charge is 0.394 e. The van der Waals surface area contributed by atoms with Crippen LogP contribution in [0.1, 0.15) is 36.8 Å². The molecule has 6 heteroatoms. The number of rotatable bonds is 7. The smallest absolute Gasteiger partial charge is 0.147 e. The van der Waals surface area contributed by atoms with Crippen LogP contribution < -0.4 is 11.1 Å². The summed E-state index contributed by atoms with van der Waals surface area (Å²) >= 11 is 0. The second-order valence-corrected chi connectivity index (χ2v) is 5.51. The van der Waals surface area contributed by atoms with Crippen LogP contribution in [-0.2, 0) is 20.0 Å². The van der Waals surface area contributed by atoms with Crippen molar-refractivity contribution in [2.24, 2.45) is 7.05 Å². The Balaban J connectivity index is 1.87. The van der Waals surface area contributed by atoms with E-state index in [0.29, 0.717) is 0 Å². The number of nitrogens with one attached hydrogen (secondary N) is 1. The molecule has 3 N–H and O–H groups in total. The first-order chi connectivity index (χ1) is 10.0. The fourth-order valence-electron chi connectivity index (χ4n) is 2.56. The lowest BCUT2D eigenvalue weighted by Gasteiger charge is -2.08. The highest BCUT2D eigenvalue weighted by atomic mass is 15.3. The molecule has 0 fully saturated rings. The Bertz CT molecular complexity index is 596. The highest BCUT2D eigenvalue weighted by Gasteiger charge is 2.11. The lowest BCUT2D eigenvalue weighted by atomic mass is 10.2. The van der Waals surface area contributed by atoms with Crippen molar-refractivity contribution < 1.29 is 0 Å². The van der Waals surface area contributed by atoms with Crippen molar-refractivity contribution in [1.29, 1.82) is 0 Å². The minimum atomic E-state index is 0.783. The van der Waals surface area contributed by atoms with Crippen molar-refractivity contribution >= 4 is 11.5 Å². The number of nitrogens with zero attached hydrogens (tertiary/aromatic N) is 4. The van der Waals surface area contributed by atoms with Gasteiger partial charge in [0.05, 0.1) is 17.1 Å². The van der Waals surface area contributed by atoms with Gasteiger partial charge < -0.3 is 11.1 Å². The summed E-state index contributed by atoms with van der Waals surface area (Å²) in [7, 11) is 1.93. The minimum absolute atomic E-state index is 0.783. The van der Waals surface area contributed by atoms with Gasteiger partial charge in [-0.3, -0.25) is 9.36 Å². The number of anilines is 2.